The molecule has 0 aliphatic carbocycles. The van der Waals surface area contributed by atoms with Crippen LogP contribution in [-0.4, -0.2) is 43.9 Å². The van der Waals surface area contributed by atoms with Gasteiger partial charge >= 0.3 is 6.09 Å². The Labute approximate surface area is 169 Å². The zero-order valence-electron chi connectivity index (χ0n) is 16.2. The van der Waals surface area contributed by atoms with Gasteiger partial charge in [-0.2, -0.15) is 0 Å². The molecule has 2 atom stereocenters. The molecule has 1 saturated heterocycles. The fourth-order valence-corrected chi connectivity index (χ4v) is 3.46. The molecule has 0 N–H and O–H groups in total. The van der Waals surface area contributed by atoms with E-state index in [0.29, 0.717) is 18.5 Å². The molecule has 2 heterocycles. The third kappa shape index (κ3) is 4.86. The molecular formula is C20H24FN3O3S. The number of amides is 1. The number of thiocarbonyl (C=S) groups is 1. The first kappa shape index (κ1) is 20.3. The summed E-state index contributed by atoms with van der Waals surface area (Å²) in [5, 5.41) is 0.183. The molecule has 0 bridgehead atoms. The number of hydrogen-bond acceptors (Lipinski definition) is 5. The predicted molar refractivity (Wildman–Crippen MR) is 106 cm³/mol. The summed E-state index contributed by atoms with van der Waals surface area (Å²) in [4.78, 5) is 18.3. The van der Waals surface area contributed by atoms with Gasteiger partial charge in [0.15, 0.2) is 0 Å². The minimum Gasteiger partial charge on any atom is -0.460 e. The quantitative estimate of drug-likeness (QED) is 0.712. The molecule has 0 spiro atoms. The Kier molecular flexibility index (Phi) is 5.98. The minimum absolute atomic E-state index is 0.183. The van der Waals surface area contributed by atoms with E-state index in [-0.39, 0.29) is 17.0 Å². The second-order valence-electron chi connectivity index (χ2n) is 7.71. The van der Waals surface area contributed by atoms with Crippen molar-refractivity contribution in [2.24, 2.45) is 0 Å². The zero-order valence-corrected chi connectivity index (χ0v) is 17.0. The lowest BCUT2D eigenvalue weighted by Crippen LogP contribution is -2.43. The summed E-state index contributed by atoms with van der Waals surface area (Å²) in [6.45, 7) is 6.02. The standard InChI is InChI=1S/C20H24FN3O3S/c1-20(2,3)27-18(25)24-10-5-8-16(24)17(14-6-4-7-15(21)12-14)26-19(28)23-11-9-22-13-23/h4,6-7,9,11-13,16-17H,5,8,10H2,1-3H3/t16-,17?/m0/s1. The Hall–Kier alpha value is -2.48. The number of nitrogens with zero attached hydrogens (tertiary/aromatic N) is 3. The Bertz CT molecular complexity index is 835. The molecular weight excluding hydrogens is 381 g/mol. The van der Waals surface area contributed by atoms with Crippen LogP contribution in [0.25, 0.3) is 0 Å². The van der Waals surface area contributed by atoms with Crippen LogP contribution < -0.4 is 0 Å². The monoisotopic (exact) mass is 405 g/mol. The van der Waals surface area contributed by atoms with Gasteiger partial charge in [0.1, 0.15) is 23.8 Å². The van der Waals surface area contributed by atoms with E-state index >= 15 is 0 Å². The van der Waals surface area contributed by atoms with E-state index in [0.717, 1.165) is 6.42 Å². The van der Waals surface area contributed by atoms with E-state index in [9.17, 15) is 9.18 Å². The van der Waals surface area contributed by atoms with Gasteiger partial charge < -0.3 is 14.4 Å². The molecule has 1 amide bonds. The summed E-state index contributed by atoms with van der Waals surface area (Å²) in [5.41, 5.74) is 0.00821. The molecule has 28 heavy (non-hydrogen) atoms. The van der Waals surface area contributed by atoms with Gasteiger partial charge in [-0.25, -0.2) is 14.2 Å². The first-order valence-corrected chi connectivity index (χ1v) is 9.59. The minimum atomic E-state index is -0.624. The number of carbonyl (C=O) groups excluding carboxylic acids is 1. The average molecular weight is 405 g/mol. The van der Waals surface area contributed by atoms with Crippen LogP contribution in [-0.2, 0) is 9.47 Å². The largest absolute Gasteiger partial charge is 0.460 e. The van der Waals surface area contributed by atoms with Gasteiger partial charge in [0, 0.05) is 18.9 Å². The highest BCUT2D eigenvalue weighted by atomic mass is 32.1. The summed E-state index contributed by atoms with van der Waals surface area (Å²) >= 11 is 5.38. The smallest absolute Gasteiger partial charge is 0.410 e. The van der Waals surface area contributed by atoms with Crippen molar-refractivity contribution >= 4 is 23.5 Å². The number of aromatic nitrogens is 2. The van der Waals surface area contributed by atoms with Crippen molar-refractivity contribution in [1.29, 1.82) is 0 Å². The zero-order chi connectivity index (χ0) is 20.3. The van der Waals surface area contributed by atoms with E-state index in [1.165, 1.54) is 18.5 Å². The Morgan fingerprint density at radius 2 is 2.18 bits per heavy atom. The molecule has 1 aromatic heterocycles. The molecule has 1 fully saturated rings. The van der Waals surface area contributed by atoms with Gasteiger partial charge in [0.25, 0.3) is 5.17 Å². The summed E-state index contributed by atoms with van der Waals surface area (Å²) in [7, 11) is 0. The highest BCUT2D eigenvalue weighted by Crippen LogP contribution is 2.34. The third-order valence-electron chi connectivity index (χ3n) is 4.40. The van der Waals surface area contributed by atoms with Crippen LogP contribution in [0.1, 0.15) is 45.3 Å². The van der Waals surface area contributed by atoms with Gasteiger partial charge in [-0.3, -0.25) is 4.57 Å². The Morgan fingerprint density at radius 3 is 2.82 bits per heavy atom. The van der Waals surface area contributed by atoms with Gasteiger partial charge in [-0.05, 0) is 63.5 Å². The number of ether oxygens (including phenoxy) is 2. The van der Waals surface area contributed by atoms with Crippen molar-refractivity contribution in [3.05, 3.63) is 54.4 Å². The maximum atomic E-state index is 13.9. The van der Waals surface area contributed by atoms with Crippen molar-refractivity contribution in [2.75, 3.05) is 6.54 Å². The lowest BCUT2D eigenvalue weighted by molar-refractivity contribution is 0.00707. The highest BCUT2D eigenvalue weighted by molar-refractivity contribution is 7.80. The number of likely N-dealkylation sites (tertiary alicyclic amines) is 1. The van der Waals surface area contributed by atoms with Crippen LogP contribution >= 0.6 is 12.2 Å². The molecule has 1 aromatic carbocycles. The fraction of sp³-hybridized carbons (Fsp3) is 0.450. The number of benzene rings is 1. The number of rotatable bonds is 3. The summed E-state index contributed by atoms with van der Waals surface area (Å²) in [6.07, 6.45) is 5.27. The third-order valence-corrected chi connectivity index (χ3v) is 4.70. The molecule has 1 unspecified atom stereocenters. The van der Waals surface area contributed by atoms with E-state index < -0.39 is 17.8 Å². The van der Waals surface area contributed by atoms with Crippen molar-refractivity contribution in [1.82, 2.24) is 14.5 Å². The van der Waals surface area contributed by atoms with E-state index in [1.54, 1.807) is 34.0 Å². The number of imidazole rings is 1. The SMILES string of the molecule is CC(C)(C)OC(=O)N1CCC[C@H]1C(OC(=S)n1ccnc1)c1cccc(F)c1. The fourth-order valence-electron chi connectivity index (χ4n) is 3.24. The molecule has 2 aromatic rings. The number of hydrogen-bond donors (Lipinski definition) is 0. The summed E-state index contributed by atoms with van der Waals surface area (Å²) < 4.78 is 27.1. The molecule has 0 saturated carbocycles. The first-order valence-electron chi connectivity index (χ1n) is 9.18. The van der Waals surface area contributed by atoms with Crippen LogP contribution in [0.4, 0.5) is 9.18 Å². The van der Waals surface area contributed by atoms with Gasteiger partial charge in [-0.15, -0.1) is 0 Å². The van der Waals surface area contributed by atoms with Crippen LogP contribution in [0.3, 0.4) is 0 Å². The topological polar surface area (TPSA) is 56.6 Å². The molecule has 3 rings (SSSR count). The van der Waals surface area contributed by atoms with Crippen LogP contribution in [0.5, 0.6) is 0 Å². The molecule has 150 valence electrons. The number of carbonyl (C=O) groups is 1. The average Bonchev–Trinajstić information content (AvgIpc) is 3.29. The van der Waals surface area contributed by atoms with Gasteiger partial charge in [0.2, 0.25) is 0 Å². The van der Waals surface area contributed by atoms with Crippen molar-refractivity contribution in [3.63, 3.8) is 0 Å². The molecule has 1 aliphatic heterocycles. The maximum absolute atomic E-state index is 13.9. The predicted octanol–water partition coefficient (Wildman–Crippen LogP) is 4.31. The first-order chi connectivity index (χ1) is 13.2. The Morgan fingerprint density at radius 1 is 1.39 bits per heavy atom. The molecule has 1 aliphatic rings. The van der Waals surface area contributed by atoms with E-state index in [4.69, 9.17) is 21.7 Å². The van der Waals surface area contributed by atoms with Crippen molar-refractivity contribution in [3.8, 4) is 0 Å². The van der Waals surface area contributed by atoms with E-state index in [2.05, 4.69) is 4.98 Å². The molecule has 6 nitrogen and oxygen atoms in total. The lowest BCUT2D eigenvalue weighted by atomic mass is 10.00. The van der Waals surface area contributed by atoms with Crippen molar-refractivity contribution in [2.45, 2.75) is 51.4 Å². The normalized spacial score (nSPS) is 18.0. The van der Waals surface area contributed by atoms with Crippen molar-refractivity contribution < 1.29 is 18.7 Å². The highest BCUT2D eigenvalue weighted by Gasteiger charge is 2.39. The van der Waals surface area contributed by atoms with Crippen LogP contribution in [0, 0.1) is 5.82 Å². The second kappa shape index (κ2) is 8.26. The van der Waals surface area contributed by atoms with Gasteiger partial charge in [0.05, 0.1) is 6.04 Å². The van der Waals surface area contributed by atoms with Gasteiger partial charge in [-0.1, -0.05) is 12.1 Å². The maximum Gasteiger partial charge on any atom is 0.410 e. The Balaban J connectivity index is 1.89. The molecule has 8 heteroatoms. The van der Waals surface area contributed by atoms with Crippen LogP contribution in [0.15, 0.2) is 43.0 Å². The van der Waals surface area contributed by atoms with E-state index in [1.807, 2.05) is 20.8 Å². The summed E-state index contributed by atoms with van der Waals surface area (Å²) in [6, 6.07) is 5.85. The molecule has 0 radical (unpaired) electrons. The number of halogens is 1. The van der Waals surface area contributed by atoms with Crippen LogP contribution in [0.2, 0.25) is 0 Å². The lowest BCUT2D eigenvalue weighted by Gasteiger charge is -2.33. The second-order valence-corrected chi connectivity index (χ2v) is 8.06. The summed E-state index contributed by atoms with van der Waals surface area (Å²) in [5.74, 6) is -0.374.